The van der Waals surface area contributed by atoms with Gasteiger partial charge in [0.15, 0.2) is 5.82 Å². The molecule has 1 N–H and O–H groups in total. The molecule has 0 atom stereocenters. The van der Waals surface area contributed by atoms with E-state index in [-0.39, 0.29) is 0 Å². The van der Waals surface area contributed by atoms with Crippen LogP contribution in [0.1, 0.15) is 20.3 Å². The zero-order valence-electron chi connectivity index (χ0n) is 14.3. The van der Waals surface area contributed by atoms with Crippen LogP contribution in [0.15, 0.2) is 36.5 Å². The van der Waals surface area contributed by atoms with Crippen LogP contribution in [0.3, 0.4) is 0 Å². The lowest BCUT2D eigenvalue weighted by atomic mass is 10.2. The van der Waals surface area contributed by atoms with Crippen LogP contribution in [0.4, 0.5) is 5.82 Å². The Morgan fingerprint density at radius 1 is 1.00 bits per heavy atom. The third-order valence-corrected chi connectivity index (χ3v) is 4.63. The van der Waals surface area contributed by atoms with Gasteiger partial charge in [0.05, 0.1) is 5.52 Å². The zero-order chi connectivity index (χ0) is 16.2. The molecular weight excluding hydrogens is 284 g/mol. The van der Waals surface area contributed by atoms with Gasteiger partial charge in [0.25, 0.3) is 0 Å². The van der Waals surface area contributed by atoms with Gasteiger partial charge in [0, 0.05) is 36.1 Å². The Balaban J connectivity index is 1.82. The number of aromatic amines is 1. The van der Waals surface area contributed by atoms with Gasteiger partial charge in [0.2, 0.25) is 0 Å². The number of hydrogen-bond donors (Lipinski definition) is 1. The lowest BCUT2D eigenvalue weighted by Crippen LogP contribution is -2.28. The maximum Gasteiger partial charge on any atom is 0.152 e. The fourth-order valence-electron chi connectivity index (χ4n) is 3.23. The summed E-state index contributed by atoms with van der Waals surface area (Å²) in [7, 11) is 2.13. The average molecular weight is 310 g/mol. The van der Waals surface area contributed by atoms with Crippen LogP contribution < -0.4 is 4.90 Å². The van der Waals surface area contributed by atoms with E-state index in [2.05, 4.69) is 71.0 Å². The predicted octanol–water partition coefficient (Wildman–Crippen LogP) is 3.88. The molecule has 0 aliphatic carbocycles. The number of para-hydroxylation sites is 1. The highest BCUT2D eigenvalue weighted by Crippen LogP contribution is 2.30. The highest BCUT2D eigenvalue weighted by Gasteiger charge is 2.12. The number of anilines is 1. The molecule has 23 heavy (non-hydrogen) atoms. The van der Waals surface area contributed by atoms with E-state index in [9.17, 15) is 0 Å². The van der Waals surface area contributed by atoms with Crippen LogP contribution in [0, 0.1) is 0 Å². The van der Waals surface area contributed by atoms with Crippen molar-refractivity contribution in [1.29, 1.82) is 0 Å². The summed E-state index contributed by atoms with van der Waals surface area (Å²) in [6.45, 7) is 8.84. The Morgan fingerprint density at radius 2 is 1.78 bits per heavy atom. The zero-order valence-corrected chi connectivity index (χ0v) is 14.3. The monoisotopic (exact) mass is 310 g/mol. The second-order valence-corrected chi connectivity index (χ2v) is 6.03. The van der Waals surface area contributed by atoms with Crippen LogP contribution >= 0.6 is 0 Å². The number of benzene rings is 1. The lowest BCUT2D eigenvalue weighted by molar-refractivity contribution is 0.301. The van der Waals surface area contributed by atoms with Crippen LogP contribution in [-0.4, -0.2) is 48.1 Å². The van der Waals surface area contributed by atoms with Gasteiger partial charge in [-0.1, -0.05) is 32.0 Å². The van der Waals surface area contributed by atoms with E-state index in [1.165, 1.54) is 16.3 Å². The smallest absolute Gasteiger partial charge is 0.152 e. The molecule has 4 heteroatoms. The molecular formula is C19H26N4. The first-order chi connectivity index (χ1) is 11.2. The van der Waals surface area contributed by atoms with Gasteiger partial charge >= 0.3 is 0 Å². The van der Waals surface area contributed by atoms with Gasteiger partial charge in [-0.3, -0.25) is 0 Å². The van der Waals surface area contributed by atoms with Gasteiger partial charge in [0.1, 0.15) is 0 Å². The molecule has 0 saturated heterocycles. The number of H-pyrrole nitrogens is 1. The summed E-state index contributed by atoms with van der Waals surface area (Å²) in [6, 6.07) is 10.5. The third kappa shape index (κ3) is 3.17. The SMILES string of the molecule is CCN(CC)CCCN(C)c1nccc2c1[nH]c1ccccc12. The van der Waals surface area contributed by atoms with Crippen molar-refractivity contribution in [3.8, 4) is 0 Å². The summed E-state index contributed by atoms with van der Waals surface area (Å²) in [5, 5.41) is 2.52. The topological polar surface area (TPSA) is 35.2 Å². The Kier molecular flexibility index (Phi) is 4.82. The Labute approximate surface area is 138 Å². The molecule has 0 unspecified atom stereocenters. The normalized spacial score (nSPS) is 11.7. The molecule has 0 amide bonds. The first kappa shape index (κ1) is 15.8. The van der Waals surface area contributed by atoms with Crippen molar-refractivity contribution in [2.75, 3.05) is 38.1 Å². The summed E-state index contributed by atoms with van der Waals surface area (Å²) < 4.78 is 0. The molecule has 0 aliphatic heterocycles. The number of fused-ring (bicyclic) bond motifs is 3. The number of nitrogens with zero attached hydrogens (tertiary/aromatic N) is 3. The van der Waals surface area contributed by atoms with Crippen molar-refractivity contribution >= 4 is 27.6 Å². The van der Waals surface area contributed by atoms with Crippen molar-refractivity contribution in [1.82, 2.24) is 14.9 Å². The minimum absolute atomic E-state index is 1.01. The molecule has 4 nitrogen and oxygen atoms in total. The van der Waals surface area contributed by atoms with Gasteiger partial charge in [-0.2, -0.15) is 0 Å². The fourth-order valence-corrected chi connectivity index (χ4v) is 3.23. The largest absolute Gasteiger partial charge is 0.358 e. The standard InChI is InChI=1S/C19H26N4/c1-4-23(5-2)14-8-13-22(3)19-18-16(11-12-20-19)15-9-6-7-10-17(15)21-18/h6-7,9-12,21H,4-5,8,13-14H2,1-3H3. The van der Waals surface area contributed by atoms with Gasteiger partial charge < -0.3 is 14.8 Å². The van der Waals surface area contributed by atoms with E-state index >= 15 is 0 Å². The van der Waals surface area contributed by atoms with Crippen molar-refractivity contribution in [2.45, 2.75) is 20.3 Å². The van der Waals surface area contributed by atoms with Crippen molar-refractivity contribution in [2.24, 2.45) is 0 Å². The molecule has 2 aromatic heterocycles. The third-order valence-electron chi connectivity index (χ3n) is 4.63. The Morgan fingerprint density at radius 3 is 2.57 bits per heavy atom. The number of pyridine rings is 1. The summed E-state index contributed by atoms with van der Waals surface area (Å²) >= 11 is 0. The molecule has 0 fully saturated rings. The molecule has 0 aliphatic rings. The molecule has 0 radical (unpaired) electrons. The fraction of sp³-hybridized carbons (Fsp3) is 0.421. The summed E-state index contributed by atoms with van der Waals surface area (Å²) in [4.78, 5) is 12.9. The van der Waals surface area contributed by atoms with Crippen LogP contribution in [0.5, 0.6) is 0 Å². The van der Waals surface area contributed by atoms with E-state index < -0.39 is 0 Å². The summed E-state index contributed by atoms with van der Waals surface area (Å²) in [5.41, 5.74) is 2.31. The molecule has 122 valence electrons. The maximum absolute atomic E-state index is 4.62. The van der Waals surface area contributed by atoms with E-state index in [0.29, 0.717) is 0 Å². The molecule has 0 spiro atoms. The maximum atomic E-state index is 4.62. The van der Waals surface area contributed by atoms with Crippen molar-refractivity contribution < 1.29 is 0 Å². The Hall–Kier alpha value is -2.07. The summed E-state index contributed by atoms with van der Waals surface area (Å²) in [6.07, 6.45) is 3.06. The van der Waals surface area contributed by atoms with Crippen molar-refractivity contribution in [3.05, 3.63) is 36.5 Å². The van der Waals surface area contributed by atoms with Gasteiger partial charge in [-0.15, -0.1) is 0 Å². The molecule has 0 saturated carbocycles. The average Bonchev–Trinajstić information content (AvgIpc) is 2.97. The van der Waals surface area contributed by atoms with Crippen molar-refractivity contribution in [3.63, 3.8) is 0 Å². The van der Waals surface area contributed by atoms with E-state index in [4.69, 9.17) is 0 Å². The van der Waals surface area contributed by atoms with E-state index in [1.807, 2.05) is 6.20 Å². The number of aromatic nitrogens is 2. The predicted molar refractivity (Wildman–Crippen MR) is 99.3 cm³/mol. The lowest BCUT2D eigenvalue weighted by Gasteiger charge is -2.22. The summed E-state index contributed by atoms with van der Waals surface area (Å²) in [5.74, 6) is 1.04. The number of nitrogens with one attached hydrogen (secondary N) is 1. The van der Waals surface area contributed by atoms with Gasteiger partial charge in [-0.25, -0.2) is 4.98 Å². The molecule has 2 heterocycles. The number of hydrogen-bond acceptors (Lipinski definition) is 3. The van der Waals surface area contributed by atoms with Crippen LogP contribution in [0.2, 0.25) is 0 Å². The van der Waals surface area contributed by atoms with E-state index in [0.717, 1.165) is 43.9 Å². The second-order valence-electron chi connectivity index (χ2n) is 6.03. The second kappa shape index (κ2) is 7.01. The molecule has 3 rings (SSSR count). The number of rotatable bonds is 7. The highest BCUT2D eigenvalue weighted by molar-refractivity contribution is 6.10. The van der Waals surface area contributed by atoms with Crippen LogP contribution in [0.25, 0.3) is 21.8 Å². The highest BCUT2D eigenvalue weighted by atomic mass is 15.2. The minimum atomic E-state index is 1.01. The molecule has 3 aromatic rings. The molecule has 0 bridgehead atoms. The van der Waals surface area contributed by atoms with E-state index in [1.54, 1.807) is 0 Å². The van der Waals surface area contributed by atoms with Crippen LogP contribution in [-0.2, 0) is 0 Å². The first-order valence-corrected chi connectivity index (χ1v) is 8.53. The first-order valence-electron chi connectivity index (χ1n) is 8.53. The Bertz CT molecular complexity index is 773. The van der Waals surface area contributed by atoms with Gasteiger partial charge in [-0.05, 0) is 38.2 Å². The minimum Gasteiger partial charge on any atom is -0.358 e. The molecule has 1 aromatic carbocycles. The quantitative estimate of drug-likeness (QED) is 0.719.